The fourth-order valence-electron chi connectivity index (χ4n) is 2.28. The standard InChI is InChI=1S/C18H15FO5/c19-15-3-1-2-4-16(15)22-7-8-23-18(21)9-12-11-24-17-10-13(20)5-6-14(12)17/h1-6,10-11,20H,7-9H2. The maximum absolute atomic E-state index is 13.3. The molecular weight excluding hydrogens is 315 g/mol. The Balaban J connectivity index is 1.49. The maximum atomic E-state index is 13.3. The topological polar surface area (TPSA) is 68.9 Å². The van der Waals surface area contributed by atoms with E-state index in [2.05, 4.69) is 0 Å². The second-order valence-electron chi connectivity index (χ2n) is 5.12. The van der Waals surface area contributed by atoms with Crippen LogP contribution in [0.25, 0.3) is 11.0 Å². The van der Waals surface area contributed by atoms with Gasteiger partial charge in [-0.3, -0.25) is 4.79 Å². The van der Waals surface area contributed by atoms with E-state index in [4.69, 9.17) is 13.9 Å². The molecule has 0 fully saturated rings. The van der Waals surface area contributed by atoms with Crippen LogP contribution in [0.5, 0.6) is 11.5 Å². The number of esters is 1. The number of phenols is 1. The van der Waals surface area contributed by atoms with Crippen LogP contribution in [0.1, 0.15) is 5.56 Å². The second kappa shape index (κ2) is 7.04. The smallest absolute Gasteiger partial charge is 0.310 e. The van der Waals surface area contributed by atoms with Gasteiger partial charge in [0.25, 0.3) is 0 Å². The molecule has 0 saturated heterocycles. The fraction of sp³-hybridized carbons (Fsp3) is 0.167. The molecule has 0 aliphatic carbocycles. The highest BCUT2D eigenvalue weighted by molar-refractivity contribution is 5.86. The van der Waals surface area contributed by atoms with Gasteiger partial charge in [0.2, 0.25) is 0 Å². The molecule has 0 aliphatic heterocycles. The van der Waals surface area contributed by atoms with Gasteiger partial charge in [0.1, 0.15) is 24.5 Å². The Bertz CT molecular complexity index is 855. The quantitative estimate of drug-likeness (QED) is 0.554. The van der Waals surface area contributed by atoms with Crippen molar-refractivity contribution in [2.24, 2.45) is 0 Å². The average molecular weight is 330 g/mol. The summed E-state index contributed by atoms with van der Waals surface area (Å²) in [6, 6.07) is 10.7. The van der Waals surface area contributed by atoms with Crippen molar-refractivity contribution >= 4 is 16.9 Å². The number of fused-ring (bicyclic) bond motifs is 1. The molecule has 0 spiro atoms. The summed E-state index contributed by atoms with van der Waals surface area (Å²) in [5, 5.41) is 10.1. The van der Waals surface area contributed by atoms with Crippen molar-refractivity contribution in [1.29, 1.82) is 0 Å². The minimum Gasteiger partial charge on any atom is -0.508 e. The molecule has 5 nitrogen and oxygen atoms in total. The summed E-state index contributed by atoms with van der Waals surface area (Å²) in [5.74, 6) is -0.690. The average Bonchev–Trinajstić information content (AvgIpc) is 2.95. The van der Waals surface area contributed by atoms with E-state index in [1.54, 1.807) is 18.2 Å². The third kappa shape index (κ3) is 3.65. The maximum Gasteiger partial charge on any atom is 0.310 e. The number of phenolic OH excluding ortho intramolecular Hbond substituents is 1. The van der Waals surface area contributed by atoms with Crippen molar-refractivity contribution in [2.45, 2.75) is 6.42 Å². The van der Waals surface area contributed by atoms with Crippen molar-refractivity contribution in [3.8, 4) is 11.5 Å². The Hall–Kier alpha value is -3.02. The van der Waals surface area contributed by atoms with E-state index < -0.39 is 11.8 Å². The zero-order valence-corrected chi connectivity index (χ0v) is 12.7. The second-order valence-corrected chi connectivity index (χ2v) is 5.12. The molecule has 3 aromatic rings. The number of hydrogen-bond donors (Lipinski definition) is 1. The van der Waals surface area contributed by atoms with Crippen LogP contribution in [0.2, 0.25) is 0 Å². The third-order valence-electron chi connectivity index (χ3n) is 3.41. The number of furan rings is 1. The summed E-state index contributed by atoms with van der Waals surface area (Å²) in [7, 11) is 0. The fourth-order valence-corrected chi connectivity index (χ4v) is 2.28. The first-order valence-electron chi connectivity index (χ1n) is 7.35. The molecular formula is C18H15FO5. The minimum atomic E-state index is -0.461. The molecule has 6 heteroatoms. The van der Waals surface area contributed by atoms with Gasteiger partial charge in [-0.2, -0.15) is 0 Å². The summed E-state index contributed by atoms with van der Waals surface area (Å²) in [6.45, 7) is 0.0798. The van der Waals surface area contributed by atoms with E-state index in [-0.39, 0.29) is 31.1 Å². The molecule has 0 unspecified atom stereocenters. The van der Waals surface area contributed by atoms with E-state index >= 15 is 0 Å². The van der Waals surface area contributed by atoms with Crippen molar-refractivity contribution in [1.82, 2.24) is 0 Å². The summed E-state index contributed by atoms with van der Waals surface area (Å²) < 4.78 is 28.9. The molecule has 3 rings (SSSR count). The van der Waals surface area contributed by atoms with Crippen molar-refractivity contribution < 1.29 is 28.2 Å². The van der Waals surface area contributed by atoms with Crippen molar-refractivity contribution in [3.05, 3.63) is 60.1 Å². The highest BCUT2D eigenvalue weighted by Gasteiger charge is 2.12. The normalized spacial score (nSPS) is 10.7. The van der Waals surface area contributed by atoms with E-state index in [1.165, 1.54) is 30.5 Å². The molecule has 0 saturated carbocycles. The lowest BCUT2D eigenvalue weighted by Gasteiger charge is -2.07. The number of ether oxygens (including phenoxy) is 2. The number of halogens is 1. The predicted octanol–water partition coefficient (Wildman–Crippen LogP) is 3.44. The number of hydrogen-bond acceptors (Lipinski definition) is 5. The van der Waals surface area contributed by atoms with Gasteiger partial charge in [-0.25, -0.2) is 4.39 Å². The Labute approximate surface area is 137 Å². The zero-order chi connectivity index (χ0) is 16.9. The van der Waals surface area contributed by atoms with Gasteiger partial charge in [-0.05, 0) is 24.3 Å². The molecule has 2 aromatic carbocycles. The summed E-state index contributed by atoms with van der Waals surface area (Å²) in [4.78, 5) is 11.9. The summed E-state index contributed by atoms with van der Waals surface area (Å²) in [6.07, 6.45) is 1.50. The number of aromatic hydroxyl groups is 1. The van der Waals surface area contributed by atoms with Gasteiger partial charge in [-0.1, -0.05) is 12.1 Å². The molecule has 0 bridgehead atoms. The first-order valence-corrected chi connectivity index (χ1v) is 7.35. The van der Waals surface area contributed by atoms with Crippen LogP contribution in [-0.4, -0.2) is 24.3 Å². The monoisotopic (exact) mass is 330 g/mol. The summed E-state index contributed by atoms with van der Waals surface area (Å²) in [5.41, 5.74) is 1.17. The van der Waals surface area contributed by atoms with E-state index in [0.29, 0.717) is 11.1 Å². The number of para-hydroxylation sites is 1. The van der Waals surface area contributed by atoms with Crippen LogP contribution in [0.3, 0.4) is 0 Å². The molecule has 0 atom stereocenters. The van der Waals surface area contributed by atoms with Gasteiger partial charge < -0.3 is 19.0 Å². The van der Waals surface area contributed by atoms with Crippen LogP contribution in [-0.2, 0) is 16.0 Å². The third-order valence-corrected chi connectivity index (χ3v) is 3.41. The van der Waals surface area contributed by atoms with Crippen LogP contribution in [0.4, 0.5) is 4.39 Å². The van der Waals surface area contributed by atoms with E-state index in [9.17, 15) is 14.3 Å². The van der Waals surface area contributed by atoms with Crippen LogP contribution >= 0.6 is 0 Å². The van der Waals surface area contributed by atoms with Crippen molar-refractivity contribution in [3.63, 3.8) is 0 Å². The summed E-state index contributed by atoms with van der Waals surface area (Å²) >= 11 is 0. The van der Waals surface area contributed by atoms with Gasteiger partial charge in [0.05, 0.1) is 12.7 Å². The van der Waals surface area contributed by atoms with Gasteiger partial charge in [0.15, 0.2) is 11.6 Å². The first-order chi connectivity index (χ1) is 11.6. The van der Waals surface area contributed by atoms with Gasteiger partial charge in [-0.15, -0.1) is 0 Å². The predicted molar refractivity (Wildman–Crippen MR) is 84.4 cm³/mol. The molecule has 1 N–H and O–H groups in total. The number of rotatable bonds is 6. The van der Waals surface area contributed by atoms with Crippen molar-refractivity contribution in [2.75, 3.05) is 13.2 Å². The molecule has 1 heterocycles. The molecule has 24 heavy (non-hydrogen) atoms. The van der Waals surface area contributed by atoms with Crippen LogP contribution in [0, 0.1) is 5.82 Å². The first kappa shape index (κ1) is 15.9. The Morgan fingerprint density at radius 3 is 2.83 bits per heavy atom. The molecule has 0 amide bonds. The van der Waals surface area contributed by atoms with E-state index in [1.807, 2.05) is 0 Å². The number of benzene rings is 2. The SMILES string of the molecule is O=C(Cc1coc2cc(O)ccc12)OCCOc1ccccc1F. The Kier molecular flexibility index (Phi) is 4.65. The zero-order valence-electron chi connectivity index (χ0n) is 12.7. The van der Waals surface area contributed by atoms with E-state index in [0.717, 1.165) is 5.39 Å². The lowest BCUT2D eigenvalue weighted by Crippen LogP contribution is -2.14. The minimum absolute atomic E-state index is 0.0176. The lowest BCUT2D eigenvalue weighted by atomic mass is 10.1. The lowest BCUT2D eigenvalue weighted by molar-refractivity contribution is -0.143. The highest BCUT2D eigenvalue weighted by Crippen LogP contribution is 2.25. The molecule has 0 aliphatic rings. The molecule has 0 radical (unpaired) electrons. The molecule has 1 aromatic heterocycles. The molecule has 124 valence electrons. The largest absolute Gasteiger partial charge is 0.508 e. The van der Waals surface area contributed by atoms with Crippen LogP contribution < -0.4 is 4.74 Å². The van der Waals surface area contributed by atoms with Gasteiger partial charge >= 0.3 is 5.97 Å². The Morgan fingerprint density at radius 1 is 1.17 bits per heavy atom. The van der Waals surface area contributed by atoms with Crippen LogP contribution in [0.15, 0.2) is 53.1 Å². The highest BCUT2D eigenvalue weighted by atomic mass is 19.1. The Morgan fingerprint density at radius 2 is 2.00 bits per heavy atom. The van der Waals surface area contributed by atoms with Gasteiger partial charge in [0, 0.05) is 17.0 Å². The number of carbonyl (C=O) groups is 1. The number of carbonyl (C=O) groups excluding carboxylic acids is 1.